The summed E-state index contributed by atoms with van der Waals surface area (Å²) in [6.45, 7) is 4.30. The standard InChI is InChI=1S/C21H21FN2O2S/c1-14-19(15(2)26-24-14)13-27-20-6-4-3-5-18(20)21(25)23-12-11-16-7-9-17(22)10-8-16/h3-10H,11-13H2,1-2H3,(H,23,25). The van der Waals surface area contributed by atoms with Crippen LogP contribution in [0.4, 0.5) is 4.39 Å². The Bertz CT molecular complexity index is 903. The summed E-state index contributed by atoms with van der Waals surface area (Å²) in [5.74, 6) is 1.13. The van der Waals surface area contributed by atoms with Crippen LogP contribution < -0.4 is 5.32 Å². The Hall–Kier alpha value is -2.60. The molecule has 0 saturated heterocycles. The van der Waals surface area contributed by atoms with Crippen molar-refractivity contribution in [2.45, 2.75) is 30.9 Å². The van der Waals surface area contributed by atoms with Crippen LogP contribution in [0.25, 0.3) is 0 Å². The third-order valence-corrected chi connectivity index (χ3v) is 5.40. The van der Waals surface area contributed by atoms with Gasteiger partial charge < -0.3 is 9.84 Å². The van der Waals surface area contributed by atoms with Gasteiger partial charge in [0.1, 0.15) is 11.6 Å². The summed E-state index contributed by atoms with van der Waals surface area (Å²) in [7, 11) is 0. The number of hydrogen-bond acceptors (Lipinski definition) is 4. The van der Waals surface area contributed by atoms with Gasteiger partial charge in [-0.05, 0) is 50.1 Å². The molecule has 4 nitrogen and oxygen atoms in total. The predicted molar refractivity (Wildman–Crippen MR) is 104 cm³/mol. The van der Waals surface area contributed by atoms with Crippen molar-refractivity contribution in [3.05, 3.63) is 82.5 Å². The summed E-state index contributed by atoms with van der Waals surface area (Å²) < 4.78 is 18.1. The molecule has 1 amide bonds. The molecule has 1 heterocycles. The van der Waals surface area contributed by atoms with Crippen LogP contribution in [0.3, 0.4) is 0 Å². The molecule has 1 aromatic heterocycles. The van der Waals surface area contributed by atoms with Crippen molar-refractivity contribution in [2.24, 2.45) is 0 Å². The SMILES string of the molecule is Cc1noc(C)c1CSc1ccccc1C(=O)NCCc1ccc(F)cc1. The minimum atomic E-state index is -0.257. The summed E-state index contributed by atoms with van der Waals surface area (Å²) >= 11 is 1.59. The molecule has 140 valence electrons. The molecule has 0 spiro atoms. The lowest BCUT2D eigenvalue weighted by molar-refractivity contribution is 0.0951. The lowest BCUT2D eigenvalue weighted by Crippen LogP contribution is -2.26. The van der Waals surface area contributed by atoms with Gasteiger partial charge in [-0.25, -0.2) is 4.39 Å². The van der Waals surface area contributed by atoms with E-state index in [0.717, 1.165) is 27.5 Å². The van der Waals surface area contributed by atoms with Crippen LogP contribution in [0, 0.1) is 19.7 Å². The van der Waals surface area contributed by atoms with Gasteiger partial charge >= 0.3 is 0 Å². The molecule has 3 aromatic rings. The number of hydrogen-bond donors (Lipinski definition) is 1. The van der Waals surface area contributed by atoms with Crippen molar-refractivity contribution in [1.82, 2.24) is 10.5 Å². The van der Waals surface area contributed by atoms with Crippen molar-refractivity contribution >= 4 is 17.7 Å². The number of thioether (sulfide) groups is 1. The average molecular weight is 384 g/mol. The Morgan fingerprint density at radius 2 is 1.89 bits per heavy atom. The second-order valence-electron chi connectivity index (χ2n) is 6.22. The Morgan fingerprint density at radius 3 is 2.59 bits per heavy atom. The van der Waals surface area contributed by atoms with Crippen molar-refractivity contribution < 1.29 is 13.7 Å². The van der Waals surface area contributed by atoms with Gasteiger partial charge in [0.15, 0.2) is 0 Å². The van der Waals surface area contributed by atoms with E-state index in [9.17, 15) is 9.18 Å². The highest BCUT2D eigenvalue weighted by atomic mass is 32.2. The first-order chi connectivity index (χ1) is 13.0. The third-order valence-electron chi connectivity index (χ3n) is 4.30. The largest absolute Gasteiger partial charge is 0.361 e. The molecule has 0 aliphatic rings. The Morgan fingerprint density at radius 1 is 1.15 bits per heavy atom. The van der Waals surface area contributed by atoms with Gasteiger partial charge in [0.05, 0.1) is 11.3 Å². The molecule has 0 saturated carbocycles. The van der Waals surface area contributed by atoms with Crippen LogP contribution in [-0.2, 0) is 12.2 Å². The van der Waals surface area contributed by atoms with Gasteiger partial charge in [0.25, 0.3) is 5.91 Å². The van der Waals surface area contributed by atoms with E-state index < -0.39 is 0 Å². The van der Waals surface area contributed by atoms with Gasteiger partial charge in [-0.3, -0.25) is 4.79 Å². The number of benzene rings is 2. The molecular weight excluding hydrogens is 363 g/mol. The number of aryl methyl sites for hydroxylation is 2. The first-order valence-corrected chi connectivity index (χ1v) is 9.69. The maximum Gasteiger partial charge on any atom is 0.252 e. The summed E-state index contributed by atoms with van der Waals surface area (Å²) in [6.07, 6.45) is 0.653. The Labute approximate surface area is 162 Å². The molecule has 0 atom stereocenters. The lowest BCUT2D eigenvalue weighted by Gasteiger charge is -2.10. The molecule has 1 N–H and O–H groups in total. The van der Waals surface area contributed by atoms with Crippen molar-refractivity contribution in [3.63, 3.8) is 0 Å². The summed E-state index contributed by atoms with van der Waals surface area (Å²) in [5.41, 5.74) is 3.57. The lowest BCUT2D eigenvalue weighted by atomic mass is 10.1. The number of nitrogens with one attached hydrogen (secondary N) is 1. The van der Waals surface area contributed by atoms with E-state index in [-0.39, 0.29) is 11.7 Å². The molecule has 6 heteroatoms. The quantitative estimate of drug-likeness (QED) is 0.600. The zero-order valence-corrected chi connectivity index (χ0v) is 16.1. The van der Waals surface area contributed by atoms with Gasteiger partial charge in [-0.2, -0.15) is 0 Å². The first kappa shape index (κ1) is 19.2. The summed E-state index contributed by atoms with van der Waals surface area (Å²) in [5, 5.41) is 6.91. The summed E-state index contributed by atoms with van der Waals surface area (Å²) in [6, 6.07) is 13.9. The van der Waals surface area contributed by atoms with Crippen LogP contribution in [0.2, 0.25) is 0 Å². The van der Waals surface area contributed by atoms with Crippen LogP contribution in [0.15, 0.2) is 57.9 Å². The Kier molecular flexibility index (Phi) is 6.29. The van der Waals surface area contributed by atoms with Gasteiger partial charge in [0.2, 0.25) is 0 Å². The van der Waals surface area contributed by atoms with E-state index in [1.54, 1.807) is 23.9 Å². The summed E-state index contributed by atoms with van der Waals surface area (Å²) in [4.78, 5) is 13.5. The fraction of sp³-hybridized carbons (Fsp3) is 0.238. The second kappa shape index (κ2) is 8.86. The number of halogens is 1. The highest BCUT2D eigenvalue weighted by molar-refractivity contribution is 7.98. The normalized spacial score (nSPS) is 10.8. The van der Waals surface area contributed by atoms with Crippen molar-refractivity contribution in [2.75, 3.05) is 6.54 Å². The number of amides is 1. The minimum Gasteiger partial charge on any atom is -0.361 e. The molecule has 27 heavy (non-hydrogen) atoms. The first-order valence-electron chi connectivity index (χ1n) is 8.71. The molecular formula is C21H21FN2O2S. The molecule has 0 unspecified atom stereocenters. The van der Waals surface area contributed by atoms with Gasteiger partial charge in [-0.15, -0.1) is 11.8 Å². The van der Waals surface area contributed by atoms with Crippen LogP contribution in [-0.4, -0.2) is 17.6 Å². The van der Waals surface area contributed by atoms with Crippen LogP contribution >= 0.6 is 11.8 Å². The molecule has 3 rings (SSSR count). The molecule has 0 fully saturated rings. The molecule has 0 bridgehead atoms. The zero-order valence-electron chi connectivity index (χ0n) is 15.3. The highest BCUT2D eigenvalue weighted by Gasteiger charge is 2.14. The number of aromatic nitrogens is 1. The maximum absolute atomic E-state index is 12.9. The van der Waals surface area contributed by atoms with Crippen molar-refractivity contribution in [1.29, 1.82) is 0 Å². The topological polar surface area (TPSA) is 55.1 Å². The number of carbonyl (C=O) groups is 1. The van der Waals surface area contributed by atoms with Crippen molar-refractivity contribution in [3.8, 4) is 0 Å². The Balaban J connectivity index is 1.60. The van der Waals surface area contributed by atoms with Crippen LogP contribution in [0.1, 0.15) is 32.9 Å². The van der Waals surface area contributed by atoms with E-state index in [4.69, 9.17) is 4.52 Å². The fourth-order valence-corrected chi connectivity index (χ4v) is 3.91. The molecule has 0 aliphatic carbocycles. The smallest absolute Gasteiger partial charge is 0.252 e. The van der Waals surface area contributed by atoms with Crippen LogP contribution in [0.5, 0.6) is 0 Å². The van der Waals surface area contributed by atoms with Gasteiger partial charge in [-0.1, -0.05) is 29.4 Å². The monoisotopic (exact) mass is 384 g/mol. The molecule has 2 aromatic carbocycles. The highest BCUT2D eigenvalue weighted by Crippen LogP contribution is 2.28. The minimum absolute atomic E-state index is 0.112. The van der Waals surface area contributed by atoms with E-state index >= 15 is 0 Å². The third kappa shape index (κ3) is 4.98. The average Bonchev–Trinajstić information content (AvgIpc) is 2.99. The van der Waals surface area contributed by atoms with E-state index in [0.29, 0.717) is 24.3 Å². The molecule has 0 aliphatic heterocycles. The van der Waals surface area contributed by atoms with E-state index in [1.165, 1.54) is 12.1 Å². The maximum atomic E-state index is 12.9. The molecule has 0 radical (unpaired) electrons. The number of rotatable bonds is 7. The zero-order chi connectivity index (χ0) is 19.2. The van der Waals surface area contributed by atoms with Gasteiger partial charge in [0, 0.05) is 22.8 Å². The fourth-order valence-electron chi connectivity index (χ4n) is 2.70. The second-order valence-corrected chi connectivity index (χ2v) is 7.24. The number of carbonyl (C=O) groups excluding carboxylic acids is 1. The predicted octanol–water partition coefficient (Wildman–Crippen LogP) is 4.70. The number of nitrogens with zero attached hydrogens (tertiary/aromatic N) is 1. The van der Waals surface area contributed by atoms with E-state index in [1.807, 2.05) is 38.1 Å². The van der Waals surface area contributed by atoms with E-state index in [2.05, 4.69) is 10.5 Å².